The fourth-order valence-corrected chi connectivity index (χ4v) is 4.67. The van der Waals surface area contributed by atoms with Crippen molar-refractivity contribution in [2.45, 2.75) is 52.1 Å². The van der Waals surface area contributed by atoms with E-state index in [1.54, 1.807) is 14.0 Å². The maximum Gasteiger partial charge on any atom is 0.309 e. The largest absolute Gasteiger partial charge is 0.494 e. The van der Waals surface area contributed by atoms with Gasteiger partial charge < -0.3 is 24.1 Å². The molecule has 3 rings (SSSR count). The van der Waals surface area contributed by atoms with Crippen molar-refractivity contribution in [1.29, 1.82) is 0 Å². The first-order valence-electron chi connectivity index (χ1n) is 13.1. The minimum atomic E-state index is -0.403. The van der Waals surface area contributed by atoms with Crippen molar-refractivity contribution >= 4 is 11.8 Å². The van der Waals surface area contributed by atoms with Crippen molar-refractivity contribution in [3.8, 4) is 11.5 Å². The average molecular weight is 513 g/mol. The first-order valence-corrected chi connectivity index (χ1v) is 13.1. The molecule has 0 heterocycles. The summed E-state index contributed by atoms with van der Waals surface area (Å²) in [5.41, 5.74) is 2.32. The number of aliphatic hydroxyl groups is 1. The van der Waals surface area contributed by atoms with Gasteiger partial charge >= 0.3 is 5.97 Å². The topological polar surface area (TPSA) is 91.3 Å². The van der Waals surface area contributed by atoms with Gasteiger partial charge in [-0.15, -0.1) is 0 Å². The summed E-state index contributed by atoms with van der Waals surface area (Å²) in [5.74, 6) is 1.08. The van der Waals surface area contributed by atoms with E-state index in [2.05, 4.69) is 6.92 Å². The molecule has 1 aliphatic rings. The predicted molar refractivity (Wildman–Crippen MR) is 141 cm³/mol. The fourth-order valence-electron chi connectivity index (χ4n) is 4.67. The Morgan fingerprint density at radius 2 is 1.54 bits per heavy atom. The normalized spacial score (nSPS) is 20.2. The first kappa shape index (κ1) is 28.7. The minimum absolute atomic E-state index is 0.0591. The van der Waals surface area contributed by atoms with Gasteiger partial charge in [0.05, 0.1) is 12.5 Å². The zero-order valence-corrected chi connectivity index (χ0v) is 22.2. The molecule has 2 aromatic rings. The monoisotopic (exact) mass is 512 g/mol. The van der Waals surface area contributed by atoms with Gasteiger partial charge in [-0.3, -0.25) is 9.59 Å². The second-order valence-electron chi connectivity index (χ2n) is 9.93. The second-order valence-corrected chi connectivity index (χ2v) is 9.93. The lowest BCUT2D eigenvalue weighted by atomic mass is 9.73. The molecule has 0 spiro atoms. The second kappa shape index (κ2) is 14.7. The van der Waals surface area contributed by atoms with Crippen LogP contribution in [0.2, 0.25) is 0 Å². The average Bonchev–Trinajstić information content (AvgIpc) is 2.90. The summed E-state index contributed by atoms with van der Waals surface area (Å²) in [5, 5.41) is 8.84. The van der Waals surface area contributed by atoms with Gasteiger partial charge in [0.15, 0.2) is 0 Å². The van der Waals surface area contributed by atoms with Gasteiger partial charge in [-0.1, -0.05) is 31.2 Å². The molecule has 1 fully saturated rings. The molecular weight excluding hydrogens is 472 g/mol. The highest BCUT2D eigenvalue weighted by atomic mass is 16.6. The maximum atomic E-state index is 12.7. The Balaban J connectivity index is 1.43. The number of ketones is 1. The SMILES string of the molecule is COC(COC(=O)C1CCC(C)CC1C(C)=O)COc1ccc(Cc2ccc(OCCCO)cc2)cc1. The van der Waals surface area contributed by atoms with Gasteiger partial charge in [-0.25, -0.2) is 0 Å². The molecule has 7 heteroatoms. The van der Waals surface area contributed by atoms with Crippen LogP contribution in [0, 0.1) is 17.8 Å². The van der Waals surface area contributed by atoms with E-state index in [0.29, 0.717) is 31.1 Å². The summed E-state index contributed by atoms with van der Waals surface area (Å²) in [6.45, 7) is 4.65. The molecule has 0 aromatic heterocycles. The number of methoxy groups -OCH3 is 1. The molecule has 2 aromatic carbocycles. The van der Waals surface area contributed by atoms with E-state index in [9.17, 15) is 9.59 Å². The summed E-state index contributed by atoms with van der Waals surface area (Å²) >= 11 is 0. The molecule has 7 nitrogen and oxygen atoms in total. The standard InChI is InChI=1S/C30H40O7/c1-21-5-14-28(29(17-21)22(2)32)30(33)37-20-27(34-3)19-36-26-12-8-24(9-13-26)18-23-6-10-25(11-7-23)35-16-4-15-31/h6-13,21,27-29,31H,4-5,14-20H2,1-3H3. The molecule has 0 bridgehead atoms. The van der Waals surface area contributed by atoms with Crippen LogP contribution in [-0.2, 0) is 25.5 Å². The van der Waals surface area contributed by atoms with Crippen LogP contribution in [0.1, 0.15) is 50.7 Å². The number of rotatable bonds is 14. The Morgan fingerprint density at radius 1 is 0.919 bits per heavy atom. The van der Waals surface area contributed by atoms with E-state index in [1.807, 2.05) is 48.5 Å². The third kappa shape index (κ3) is 9.17. The van der Waals surface area contributed by atoms with Gasteiger partial charge in [0.1, 0.15) is 36.6 Å². The van der Waals surface area contributed by atoms with Gasteiger partial charge in [0.2, 0.25) is 0 Å². The number of Topliss-reactive ketones (excluding diaryl/α,β-unsaturated/α-hetero) is 1. The molecule has 0 radical (unpaired) electrons. The fraction of sp³-hybridized carbons (Fsp3) is 0.533. The van der Waals surface area contributed by atoms with E-state index in [-0.39, 0.29) is 43.4 Å². The lowest BCUT2D eigenvalue weighted by molar-refractivity contribution is -0.158. The molecular formula is C30H40O7. The lowest BCUT2D eigenvalue weighted by Crippen LogP contribution is -2.37. The highest BCUT2D eigenvalue weighted by molar-refractivity contribution is 5.85. The molecule has 1 aliphatic carbocycles. The minimum Gasteiger partial charge on any atom is -0.494 e. The summed E-state index contributed by atoms with van der Waals surface area (Å²) in [6.07, 6.45) is 3.37. The summed E-state index contributed by atoms with van der Waals surface area (Å²) in [7, 11) is 1.56. The number of carbonyl (C=O) groups excluding carboxylic acids is 2. The van der Waals surface area contributed by atoms with Crippen LogP contribution in [0.3, 0.4) is 0 Å². The number of esters is 1. The molecule has 1 N–H and O–H groups in total. The summed E-state index contributed by atoms with van der Waals surface area (Å²) < 4.78 is 22.4. The van der Waals surface area contributed by atoms with Crippen LogP contribution in [0.25, 0.3) is 0 Å². The van der Waals surface area contributed by atoms with E-state index < -0.39 is 6.10 Å². The predicted octanol–water partition coefficient (Wildman–Crippen LogP) is 4.62. The van der Waals surface area contributed by atoms with E-state index in [1.165, 1.54) is 5.56 Å². The highest BCUT2D eigenvalue weighted by Gasteiger charge is 2.37. The number of aliphatic hydroxyl groups excluding tert-OH is 1. The highest BCUT2D eigenvalue weighted by Crippen LogP contribution is 2.35. The number of benzene rings is 2. The van der Waals surface area contributed by atoms with Crippen LogP contribution in [0.15, 0.2) is 48.5 Å². The van der Waals surface area contributed by atoms with Crippen molar-refractivity contribution in [1.82, 2.24) is 0 Å². The van der Waals surface area contributed by atoms with Crippen LogP contribution >= 0.6 is 0 Å². The van der Waals surface area contributed by atoms with Crippen molar-refractivity contribution in [3.05, 3.63) is 59.7 Å². The van der Waals surface area contributed by atoms with Crippen molar-refractivity contribution < 1.29 is 33.6 Å². The summed E-state index contributed by atoms with van der Waals surface area (Å²) in [4.78, 5) is 24.7. The smallest absolute Gasteiger partial charge is 0.309 e. The van der Waals surface area contributed by atoms with E-state index >= 15 is 0 Å². The molecule has 4 atom stereocenters. The zero-order chi connectivity index (χ0) is 26.6. The van der Waals surface area contributed by atoms with Crippen LogP contribution in [-0.4, -0.2) is 56.5 Å². The third-order valence-electron chi connectivity index (χ3n) is 6.94. The number of carbonyl (C=O) groups is 2. The van der Waals surface area contributed by atoms with Gasteiger partial charge in [-0.2, -0.15) is 0 Å². The Labute approximate surface area is 220 Å². The van der Waals surface area contributed by atoms with Gasteiger partial charge in [-0.05, 0) is 73.9 Å². The van der Waals surface area contributed by atoms with Crippen LogP contribution < -0.4 is 9.47 Å². The van der Waals surface area contributed by atoms with Crippen molar-refractivity contribution in [2.75, 3.05) is 33.5 Å². The summed E-state index contributed by atoms with van der Waals surface area (Å²) in [6, 6.07) is 15.8. The zero-order valence-electron chi connectivity index (χ0n) is 22.2. The molecule has 4 unspecified atom stereocenters. The maximum absolute atomic E-state index is 12.7. The van der Waals surface area contributed by atoms with Crippen molar-refractivity contribution in [2.24, 2.45) is 17.8 Å². The molecule has 0 aliphatic heterocycles. The Morgan fingerprint density at radius 3 is 2.11 bits per heavy atom. The van der Waals surface area contributed by atoms with Crippen LogP contribution in [0.4, 0.5) is 0 Å². The first-order chi connectivity index (χ1) is 17.9. The van der Waals surface area contributed by atoms with Gasteiger partial charge in [0, 0.05) is 26.1 Å². The van der Waals surface area contributed by atoms with Crippen molar-refractivity contribution in [3.63, 3.8) is 0 Å². The quantitative estimate of drug-likeness (QED) is 0.292. The third-order valence-corrected chi connectivity index (χ3v) is 6.94. The number of hydrogen-bond acceptors (Lipinski definition) is 7. The van der Waals surface area contributed by atoms with E-state index in [0.717, 1.165) is 30.6 Å². The van der Waals surface area contributed by atoms with E-state index in [4.69, 9.17) is 24.1 Å². The molecule has 37 heavy (non-hydrogen) atoms. The molecule has 0 saturated heterocycles. The molecule has 0 amide bonds. The Kier molecular flexibility index (Phi) is 11.4. The molecule has 202 valence electrons. The van der Waals surface area contributed by atoms with Gasteiger partial charge in [0.25, 0.3) is 0 Å². The Hall–Kier alpha value is -2.90. The van der Waals surface area contributed by atoms with Crippen LogP contribution in [0.5, 0.6) is 11.5 Å². The number of ether oxygens (including phenoxy) is 4. The number of hydrogen-bond donors (Lipinski definition) is 1. The molecule has 1 saturated carbocycles. The lowest BCUT2D eigenvalue weighted by Gasteiger charge is -2.32. The Bertz CT molecular complexity index is 970.